The number of nitrogens with zero attached hydrogens (tertiary/aromatic N) is 2. The van der Waals surface area contributed by atoms with Gasteiger partial charge in [-0.3, -0.25) is 4.79 Å². The zero-order chi connectivity index (χ0) is 20.1. The number of hydrogen-bond donors (Lipinski definition) is 0. The predicted molar refractivity (Wildman–Crippen MR) is 107 cm³/mol. The molecule has 0 saturated carbocycles. The summed E-state index contributed by atoms with van der Waals surface area (Å²) in [6.07, 6.45) is 1.24. The van der Waals surface area contributed by atoms with E-state index >= 15 is 0 Å². The summed E-state index contributed by atoms with van der Waals surface area (Å²) in [7, 11) is 1.68. The van der Waals surface area contributed by atoms with Crippen molar-refractivity contribution in [2.75, 3.05) is 20.3 Å². The molecule has 0 aliphatic carbocycles. The van der Waals surface area contributed by atoms with Crippen LogP contribution in [0.4, 0.5) is 0 Å². The summed E-state index contributed by atoms with van der Waals surface area (Å²) in [4.78, 5) is 14.7. The minimum Gasteiger partial charge on any atom is -0.478 e. The van der Waals surface area contributed by atoms with E-state index < -0.39 is 6.10 Å². The number of methoxy groups -OCH3 is 1. The number of ether oxygens (including phenoxy) is 2. The number of amides is 1. The third-order valence-electron chi connectivity index (χ3n) is 4.99. The monoisotopic (exact) mass is 378 g/mol. The van der Waals surface area contributed by atoms with Gasteiger partial charge in [-0.2, -0.15) is 5.26 Å². The van der Waals surface area contributed by atoms with Gasteiger partial charge < -0.3 is 14.4 Å². The first-order valence-electron chi connectivity index (χ1n) is 9.58. The molecule has 2 atom stereocenters. The van der Waals surface area contributed by atoms with Gasteiger partial charge in [0, 0.05) is 20.3 Å². The molecule has 1 aliphatic rings. The van der Waals surface area contributed by atoms with E-state index in [0.717, 1.165) is 29.5 Å². The molecule has 0 N–H and O–H groups in total. The highest BCUT2D eigenvalue weighted by molar-refractivity contribution is 5.89. The molecule has 2 aromatic rings. The highest BCUT2D eigenvalue weighted by Crippen LogP contribution is 2.38. The number of aryl methyl sites for hydroxylation is 2. The normalized spacial score (nSPS) is 18.5. The number of rotatable bonds is 8. The molecule has 0 aromatic heterocycles. The molecule has 2 aromatic carbocycles. The average Bonchev–Trinajstić information content (AvgIpc) is 2.68. The van der Waals surface area contributed by atoms with E-state index in [-0.39, 0.29) is 11.9 Å². The third-order valence-corrected chi connectivity index (χ3v) is 4.99. The molecule has 1 heterocycles. The lowest BCUT2D eigenvalue weighted by atomic mass is 9.89. The summed E-state index contributed by atoms with van der Waals surface area (Å²) < 4.78 is 11.2. The van der Waals surface area contributed by atoms with Crippen LogP contribution in [-0.4, -0.2) is 37.2 Å². The Labute approximate surface area is 166 Å². The van der Waals surface area contributed by atoms with E-state index in [0.29, 0.717) is 24.5 Å². The number of β-lactam (4-membered cyclic amide) rings is 1. The van der Waals surface area contributed by atoms with Gasteiger partial charge >= 0.3 is 0 Å². The lowest BCUT2D eigenvalue weighted by Crippen LogP contribution is -2.61. The Morgan fingerprint density at radius 2 is 1.75 bits per heavy atom. The van der Waals surface area contributed by atoms with Gasteiger partial charge in [0.05, 0.1) is 11.6 Å². The number of unbranched alkanes of at least 4 members (excludes halogenated alkanes) is 1. The topological polar surface area (TPSA) is 62.6 Å². The first kappa shape index (κ1) is 19.9. The molecule has 5 nitrogen and oxygen atoms in total. The zero-order valence-electron chi connectivity index (χ0n) is 16.6. The van der Waals surface area contributed by atoms with Crippen LogP contribution in [0.25, 0.3) is 0 Å². The second kappa shape index (κ2) is 8.90. The average molecular weight is 378 g/mol. The van der Waals surface area contributed by atoms with Crippen LogP contribution in [-0.2, 0) is 9.53 Å². The Morgan fingerprint density at radius 1 is 1.07 bits per heavy atom. The van der Waals surface area contributed by atoms with Crippen LogP contribution < -0.4 is 4.74 Å². The molecule has 5 heteroatoms. The van der Waals surface area contributed by atoms with Gasteiger partial charge in [0.2, 0.25) is 6.10 Å². The standard InChI is InChI=1S/C23H26N2O3/c1-16-12-17(2)14-20(13-16)28-22-21(19-8-6-18(15-24)7-9-19)25(23(22)26)10-4-5-11-27-3/h6-9,12-14,21-22H,4-5,10-11H2,1-3H3/t21-,22+/m0/s1. The van der Waals surface area contributed by atoms with Gasteiger partial charge in [0.25, 0.3) is 5.91 Å². The van der Waals surface area contributed by atoms with Crippen molar-refractivity contribution in [3.8, 4) is 11.8 Å². The van der Waals surface area contributed by atoms with Gasteiger partial charge in [-0.1, -0.05) is 18.2 Å². The summed E-state index contributed by atoms with van der Waals surface area (Å²) >= 11 is 0. The smallest absolute Gasteiger partial charge is 0.266 e. The fraction of sp³-hybridized carbons (Fsp3) is 0.391. The number of carbonyl (C=O) groups is 1. The molecule has 0 bridgehead atoms. The molecule has 28 heavy (non-hydrogen) atoms. The van der Waals surface area contributed by atoms with Gasteiger partial charge in [0.15, 0.2) is 0 Å². The minimum absolute atomic E-state index is 0.00550. The van der Waals surface area contributed by atoms with Gasteiger partial charge in [0.1, 0.15) is 11.8 Å². The Bertz CT molecular complexity index is 850. The highest BCUT2D eigenvalue weighted by Gasteiger charge is 2.49. The van der Waals surface area contributed by atoms with Gasteiger partial charge in [-0.05, 0) is 67.6 Å². The second-order valence-corrected chi connectivity index (χ2v) is 7.27. The highest BCUT2D eigenvalue weighted by atomic mass is 16.5. The van der Waals surface area contributed by atoms with Crippen molar-refractivity contribution in [2.45, 2.75) is 38.8 Å². The molecule has 1 fully saturated rings. The van der Waals surface area contributed by atoms with Crippen LogP contribution in [0.15, 0.2) is 42.5 Å². The Kier molecular flexibility index (Phi) is 6.33. The second-order valence-electron chi connectivity index (χ2n) is 7.27. The maximum absolute atomic E-state index is 12.8. The van der Waals surface area contributed by atoms with Crippen LogP contribution in [0.1, 0.15) is 41.1 Å². The summed E-state index contributed by atoms with van der Waals surface area (Å²) in [6, 6.07) is 15.4. The Balaban J connectivity index is 1.80. The van der Waals surface area contributed by atoms with E-state index in [1.807, 2.05) is 43.0 Å². The molecular formula is C23H26N2O3. The fourth-order valence-electron chi connectivity index (χ4n) is 3.67. The van der Waals surface area contributed by atoms with E-state index in [2.05, 4.69) is 12.1 Å². The first-order valence-corrected chi connectivity index (χ1v) is 9.58. The summed E-state index contributed by atoms with van der Waals surface area (Å²) in [5.74, 6) is 0.722. The minimum atomic E-state index is -0.545. The van der Waals surface area contributed by atoms with Crippen molar-refractivity contribution >= 4 is 5.91 Å². The van der Waals surface area contributed by atoms with E-state index in [1.165, 1.54) is 0 Å². The number of carbonyl (C=O) groups excluding carboxylic acids is 1. The van der Waals surface area contributed by atoms with Crippen molar-refractivity contribution in [1.29, 1.82) is 5.26 Å². The van der Waals surface area contributed by atoms with Crippen LogP contribution >= 0.6 is 0 Å². The number of nitriles is 1. The lowest BCUT2D eigenvalue weighted by Gasteiger charge is -2.47. The molecule has 1 amide bonds. The van der Waals surface area contributed by atoms with E-state index in [4.69, 9.17) is 14.7 Å². The molecular weight excluding hydrogens is 352 g/mol. The van der Waals surface area contributed by atoms with Crippen molar-refractivity contribution < 1.29 is 14.3 Å². The maximum Gasteiger partial charge on any atom is 0.266 e. The summed E-state index contributed by atoms with van der Waals surface area (Å²) in [5, 5.41) is 9.05. The summed E-state index contributed by atoms with van der Waals surface area (Å²) in [5.41, 5.74) is 3.80. The number of hydrogen-bond acceptors (Lipinski definition) is 4. The van der Waals surface area contributed by atoms with Crippen LogP contribution in [0.2, 0.25) is 0 Å². The molecule has 0 radical (unpaired) electrons. The van der Waals surface area contributed by atoms with Crippen molar-refractivity contribution in [3.63, 3.8) is 0 Å². The maximum atomic E-state index is 12.8. The van der Waals surface area contributed by atoms with Gasteiger partial charge in [-0.15, -0.1) is 0 Å². The Hall–Kier alpha value is -2.84. The lowest BCUT2D eigenvalue weighted by molar-refractivity contribution is -0.164. The number of benzene rings is 2. The van der Waals surface area contributed by atoms with Crippen LogP contribution in [0.3, 0.4) is 0 Å². The van der Waals surface area contributed by atoms with E-state index in [9.17, 15) is 4.79 Å². The zero-order valence-corrected chi connectivity index (χ0v) is 16.6. The van der Waals surface area contributed by atoms with Crippen molar-refractivity contribution in [2.24, 2.45) is 0 Å². The van der Waals surface area contributed by atoms with Crippen molar-refractivity contribution in [1.82, 2.24) is 4.90 Å². The third kappa shape index (κ3) is 4.35. The molecule has 0 spiro atoms. The molecule has 0 unspecified atom stereocenters. The molecule has 1 aliphatic heterocycles. The Morgan fingerprint density at radius 3 is 2.36 bits per heavy atom. The largest absolute Gasteiger partial charge is 0.478 e. The predicted octanol–water partition coefficient (Wildman–Crippen LogP) is 3.93. The number of likely N-dealkylation sites (tertiary alicyclic amines) is 1. The van der Waals surface area contributed by atoms with Gasteiger partial charge in [-0.25, -0.2) is 0 Å². The fourth-order valence-corrected chi connectivity index (χ4v) is 3.67. The summed E-state index contributed by atoms with van der Waals surface area (Å²) in [6.45, 7) is 5.39. The quantitative estimate of drug-likeness (QED) is 0.516. The van der Waals surface area contributed by atoms with Crippen molar-refractivity contribution in [3.05, 3.63) is 64.7 Å². The van der Waals surface area contributed by atoms with Crippen LogP contribution in [0, 0.1) is 25.2 Å². The van der Waals surface area contributed by atoms with E-state index in [1.54, 1.807) is 19.2 Å². The molecule has 146 valence electrons. The molecule has 3 rings (SSSR count). The van der Waals surface area contributed by atoms with Crippen LogP contribution in [0.5, 0.6) is 5.75 Å². The SMILES string of the molecule is COCCCCN1C(=O)[C@H](Oc2cc(C)cc(C)c2)[C@@H]1c1ccc(C#N)cc1. The first-order chi connectivity index (χ1) is 13.5. The molecule has 1 saturated heterocycles.